The van der Waals surface area contributed by atoms with Crippen molar-refractivity contribution in [3.05, 3.63) is 6.92 Å². The Morgan fingerprint density at radius 1 is 0.857 bits per heavy atom. The molecular formula is C14H25. The molecule has 0 aromatic carbocycles. The van der Waals surface area contributed by atoms with Crippen molar-refractivity contribution in [2.45, 2.75) is 64.2 Å². The minimum Gasteiger partial charge on any atom is -0.0533 e. The van der Waals surface area contributed by atoms with Gasteiger partial charge in [-0.15, -0.1) is 0 Å². The molecular weight excluding hydrogens is 168 g/mol. The highest BCUT2D eigenvalue weighted by Crippen LogP contribution is 2.37. The third-order valence-corrected chi connectivity index (χ3v) is 4.43. The van der Waals surface area contributed by atoms with Gasteiger partial charge in [0.25, 0.3) is 0 Å². The van der Waals surface area contributed by atoms with Gasteiger partial charge in [-0.1, -0.05) is 57.8 Å². The Morgan fingerprint density at radius 2 is 1.43 bits per heavy atom. The van der Waals surface area contributed by atoms with Crippen molar-refractivity contribution in [1.82, 2.24) is 0 Å². The molecule has 0 amide bonds. The lowest BCUT2D eigenvalue weighted by Crippen LogP contribution is -2.15. The fourth-order valence-electron chi connectivity index (χ4n) is 3.47. The Bertz CT molecular complexity index is 149. The molecule has 2 rings (SSSR count). The van der Waals surface area contributed by atoms with Crippen molar-refractivity contribution in [2.24, 2.45) is 17.8 Å². The van der Waals surface area contributed by atoms with Crippen molar-refractivity contribution < 1.29 is 0 Å². The van der Waals surface area contributed by atoms with Gasteiger partial charge < -0.3 is 0 Å². The second-order valence-electron chi connectivity index (χ2n) is 5.54. The molecule has 0 aliphatic heterocycles. The van der Waals surface area contributed by atoms with E-state index in [1.54, 1.807) is 0 Å². The molecule has 0 heterocycles. The molecule has 0 N–H and O–H groups in total. The quantitative estimate of drug-likeness (QED) is 0.614. The zero-order valence-corrected chi connectivity index (χ0v) is 9.51. The topological polar surface area (TPSA) is 0 Å². The summed E-state index contributed by atoms with van der Waals surface area (Å²) in [7, 11) is 0. The Hall–Kier alpha value is 0. The highest BCUT2D eigenvalue weighted by atomic mass is 14.3. The van der Waals surface area contributed by atoms with Gasteiger partial charge in [-0.05, 0) is 31.1 Å². The predicted molar refractivity (Wildman–Crippen MR) is 62.0 cm³/mol. The molecule has 0 aromatic heterocycles. The van der Waals surface area contributed by atoms with Gasteiger partial charge in [-0.25, -0.2) is 0 Å². The molecule has 1 radical (unpaired) electrons. The largest absolute Gasteiger partial charge is 0.0533 e. The molecule has 2 aliphatic rings. The van der Waals surface area contributed by atoms with Gasteiger partial charge in [0.1, 0.15) is 0 Å². The van der Waals surface area contributed by atoms with E-state index < -0.39 is 0 Å². The first-order chi connectivity index (χ1) is 6.86. The van der Waals surface area contributed by atoms with Crippen LogP contribution in [-0.4, -0.2) is 0 Å². The second kappa shape index (κ2) is 5.19. The van der Waals surface area contributed by atoms with Crippen molar-refractivity contribution in [3.8, 4) is 0 Å². The molecule has 0 bridgehead atoms. The van der Waals surface area contributed by atoms with Crippen LogP contribution in [0.5, 0.6) is 0 Å². The van der Waals surface area contributed by atoms with Crippen molar-refractivity contribution in [3.63, 3.8) is 0 Å². The Kier molecular flexibility index (Phi) is 3.89. The molecule has 0 nitrogen and oxygen atoms in total. The first-order valence-corrected chi connectivity index (χ1v) is 6.69. The lowest BCUT2D eigenvalue weighted by molar-refractivity contribution is 0.263. The molecule has 14 heavy (non-hydrogen) atoms. The fourth-order valence-corrected chi connectivity index (χ4v) is 3.47. The molecule has 2 fully saturated rings. The lowest BCUT2D eigenvalue weighted by Gasteiger charge is -2.27. The van der Waals surface area contributed by atoms with Crippen LogP contribution in [0.2, 0.25) is 0 Å². The van der Waals surface area contributed by atoms with Gasteiger partial charge in [0.15, 0.2) is 0 Å². The Balaban J connectivity index is 1.72. The van der Waals surface area contributed by atoms with Crippen LogP contribution in [0.15, 0.2) is 0 Å². The van der Waals surface area contributed by atoms with Crippen LogP contribution < -0.4 is 0 Å². The highest BCUT2D eigenvalue weighted by Gasteiger charge is 2.24. The van der Waals surface area contributed by atoms with Gasteiger partial charge >= 0.3 is 0 Å². The standard InChI is InChI=1S/C14H25/c1-12(14-9-5-6-10-14)11-13-7-3-2-4-8-13/h12-14H,1-11H2. The molecule has 1 unspecified atom stereocenters. The molecule has 2 saturated carbocycles. The summed E-state index contributed by atoms with van der Waals surface area (Å²) in [6.45, 7) is 4.41. The summed E-state index contributed by atoms with van der Waals surface area (Å²) in [6, 6.07) is 0. The first kappa shape index (κ1) is 10.5. The molecule has 2 aliphatic carbocycles. The van der Waals surface area contributed by atoms with Gasteiger partial charge in [0, 0.05) is 0 Å². The van der Waals surface area contributed by atoms with E-state index in [1.165, 1.54) is 64.2 Å². The summed E-state index contributed by atoms with van der Waals surface area (Å²) in [6.07, 6.45) is 14.8. The summed E-state index contributed by atoms with van der Waals surface area (Å²) in [5, 5.41) is 0. The maximum absolute atomic E-state index is 4.41. The molecule has 1 atom stereocenters. The van der Waals surface area contributed by atoms with Crippen molar-refractivity contribution in [2.75, 3.05) is 0 Å². The van der Waals surface area contributed by atoms with Crippen LogP contribution in [0, 0.1) is 24.7 Å². The van der Waals surface area contributed by atoms with Crippen molar-refractivity contribution in [1.29, 1.82) is 0 Å². The monoisotopic (exact) mass is 193 g/mol. The zero-order valence-electron chi connectivity index (χ0n) is 9.51. The number of rotatable bonds is 3. The van der Waals surface area contributed by atoms with Crippen molar-refractivity contribution >= 4 is 0 Å². The van der Waals surface area contributed by atoms with E-state index in [1.807, 2.05) is 0 Å². The smallest absolute Gasteiger partial charge is 0.0383 e. The van der Waals surface area contributed by atoms with Crippen LogP contribution >= 0.6 is 0 Å². The third-order valence-electron chi connectivity index (χ3n) is 4.43. The summed E-state index contributed by atoms with van der Waals surface area (Å²) < 4.78 is 0. The lowest BCUT2D eigenvalue weighted by atomic mass is 9.79. The van der Waals surface area contributed by atoms with Gasteiger partial charge in [0.2, 0.25) is 0 Å². The van der Waals surface area contributed by atoms with Crippen LogP contribution in [0.1, 0.15) is 64.2 Å². The number of hydrogen-bond acceptors (Lipinski definition) is 0. The fraction of sp³-hybridized carbons (Fsp3) is 0.929. The minimum atomic E-state index is 0.778. The summed E-state index contributed by atoms with van der Waals surface area (Å²) in [4.78, 5) is 0. The number of hydrogen-bond donors (Lipinski definition) is 0. The average Bonchev–Trinajstić information content (AvgIpc) is 2.72. The van der Waals surface area contributed by atoms with Gasteiger partial charge in [-0.3, -0.25) is 0 Å². The third kappa shape index (κ3) is 2.74. The predicted octanol–water partition coefficient (Wildman–Crippen LogP) is 4.60. The van der Waals surface area contributed by atoms with E-state index in [4.69, 9.17) is 0 Å². The summed E-state index contributed by atoms with van der Waals surface area (Å²) in [5.41, 5.74) is 0. The van der Waals surface area contributed by atoms with E-state index in [-0.39, 0.29) is 0 Å². The zero-order chi connectivity index (χ0) is 9.80. The molecule has 0 saturated heterocycles. The summed E-state index contributed by atoms with van der Waals surface area (Å²) in [5.74, 6) is 2.80. The minimum absolute atomic E-state index is 0.778. The van der Waals surface area contributed by atoms with Gasteiger partial charge in [-0.2, -0.15) is 0 Å². The van der Waals surface area contributed by atoms with E-state index in [9.17, 15) is 0 Å². The average molecular weight is 193 g/mol. The highest BCUT2D eigenvalue weighted by molar-refractivity contribution is 4.80. The SMILES string of the molecule is [CH2]C(CC1CCCCC1)C1CCCC1. The first-order valence-electron chi connectivity index (χ1n) is 6.69. The normalized spacial score (nSPS) is 28.1. The Labute approximate surface area is 89.5 Å². The maximum atomic E-state index is 4.41. The van der Waals surface area contributed by atoms with E-state index in [2.05, 4.69) is 6.92 Å². The second-order valence-corrected chi connectivity index (χ2v) is 5.54. The van der Waals surface area contributed by atoms with Crippen LogP contribution in [0.4, 0.5) is 0 Å². The van der Waals surface area contributed by atoms with Crippen LogP contribution in [0.3, 0.4) is 0 Å². The Morgan fingerprint density at radius 3 is 2.07 bits per heavy atom. The molecule has 81 valence electrons. The molecule has 0 heteroatoms. The van der Waals surface area contributed by atoms with Crippen LogP contribution in [-0.2, 0) is 0 Å². The molecule has 0 aromatic rings. The van der Waals surface area contributed by atoms with E-state index in [0.29, 0.717) is 0 Å². The van der Waals surface area contributed by atoms with Gasteiger partial charge in [0.05, 0.1) is 0 Å². The van der Waals surface area contributed by atoms with E-state index in [0.717, 1.165) is 17.8 Å². The molecule has 0 spiro atoms. The van der Waals surface area contributed by atoms with Crippen LogP contribution in [0.25, 0.3) is 0 Å². The van der Waals surface area contributed by atoms with E-state index >= 15 is 0 Å². The summed E-state index contributed by atoms with van der Waals surface area (Å²) >= 11 is 0. The maximum Gasteiger partial charge on any atom is -0.0383 e.